The fourth-order valence-corrected chi connectivity index (χ4v) is 2.62. The number of carbonyl (C=O) groups is 2. The molecule has 2 amide bonds. The molecule has 0 bridgehead atoms. The molecule has 23 heavy (non-hydrogen) atoms. The molecular formula is C17H13N3O2S. The molecule has 0 fully saturated rings. The van der Waals surface area contributed by atoms with Gasteiger partial charge < -0.3 is 5.32 Å². The number of nitrogens with one attached hydrogen (secondary N) is 2. The van der Waals surface area contributed by atoms with E-state index >= 15 is 0 Å². The molecule has 3 rings (SSSR count). The molecular weight excluding hydrogens is 310 g/mol. The van der Waals surface area contributed by atoms with Gasteiger partial charge in [0.15, 0.2) is 5.13 Å². The monoisotopic (exact) mass is 323 g/mol. The summed E-state index contributed by atoms with van der Waals surface area (Å²) in [7, 11) is 0. The van der Waals surface area contributed by atoms with Crippen molar-refractivity contribution in [3.63, 3.8) is 0 Å². The van der Waals surface area contributed by atoms with Crippen LogP contribution in [0.15, 0.2) is 66.9 Å². The van der Waals surface area contributed by atoms with Gasteiger partial charge in [0.05, 0.1) is 6.20 Å². The van der Waals surface area contributed by atoms with Gasteiger partial charge in [-0.05, 0) is 24.3 Å². The van der Waals surface area contributed by atoms with Crippen LogP contribution < -0.4 is 10.6 Å². The summed E-state index contributed by atoms with van der Waals surface area (Å²) >= 11 is 1.13. The number of hydrogen-bond donors (Lipinski definition) is 2. The van der Waals surface area contributed by atoms with Gasteiger partial charge in [-0.1, -0.05) is 47.7 Å². The van der Waals surface area contributed by atoms with Crippen LogP contribution in [-0.2, 0) is 0 Å². The number of para-hydroxylation sites is 1. The number of aromatic nitrogens is 1. The third-order valence-electron chi connectivity index (χ3n) is 3.02. The minimum atomic E-state index is -0.256. The molecule has 1 aromatic heterocycles. The average molecular weight is 323 g/mol. The normalized spacial score (nSPS) is 10.1. The van der Waals surface area contributed by atoms with E-state index in [2.05, 4.69) is 15.6 Å². The van der Waals surface area contributed by atoms with Gasteiger partial charge in [0.25, 0.3) is 11.8 Å². The first-order valence-corrected chi connectivity index (χ1v) is 7.72. The lowest BCUT2D eigenvalue weighted by atomic mass is 10.2. The zero-order valence-corrected chi connectivity index (χ0v) is 12.8. The van der Waals surface area contributed by atoms with E-state index in [1.807, 2.05) is 24.3 Å². The lowest BCUT2D eigenvalue weighted by Gasteiger charge is -2.02. The van der Waals surface area contributed by atoms with Gasteiger partial charge in [0, 0.05) is 11.3 Å². The van der Waals surface area contributed by atoms with Crippen LogP contribution in [0.25, 0.3) is 0 Å². The molecule has 5 nitrogen and oxygen atoms in total. The van der Waals surface area contributed by atoms with Crippen LogP contribution >= 0.6 is 11.3 Å². The van der Waals surface area contributed by atoms with Gasteiger partial charge in [-0.3, -0.25) is 14.9 Å². The van der Waals surface area contributed by atoms with Crippen molar-refractivity contribution in [2.75, 3.05) is 10.6 Å². The van der Waals surface area contributed by atoms with E-state index in [-0.39, 0.29) is 11.8 Å². The van der Waals surface area contributed by atoms with E-state index in [1.165, 1.54) is 6.20 Å². The van der Waals surface area contributed by atoms with E-state index < -0.39 is 0 Å². The summed E-state index contributed by atoms with van der Waals surface area (Å²) in [5.41, 5.74) is 1.25. The first-order valence-electron chi connectivity index (χ1n) is 6.91. The SMILES string of the molecule is O=C(Nc1ncc(C(=O)Nc2ccccc2)s1)c1ccccc1. The van der Waals surface area contributed by atoms with Gasteiger partial charge in [0.1, 0.15) is 4.88 Å². The zero-order valence-electron chi connectivity index (χ0n) is 12.0. The van der Waals surface area contributed by atoms with E-state index in [0.717, 1.165) is 11.3 Å². The molecule has 0 spiro atoms. The highest BCUT2D eigenvalue weighted by Gasteiger charge is 2.13. The standard InChI is InChI=1S/C17H13N3O2S/c21-15(12-7-3-1-4-8-12)20-17-18-11-14(23-17)16(22)19-13-9-5-2-6-10-13/h1-11H,(H,19,22)(H,18,20,21). The van der Waals surface area contributed by atoms with Crippen molar-refractivity contribution in [1.82, 2.24) is 4.98 Å². The largest absolute Gasteiger partial charge is 0.321 e. The van der Waals surface area contributed by atoms with Crippen molar-refractivity contribution in [1.29, 1.82) is 0 Å². The van der Waals surface area contributed by atoms with Gasteiger partial charge in [-0.15, -0.1) is 0 Å². The second-order valence-corrected chi connectivity index (χ2v) is 5.70. The zero-order chi connectivity index (χ0) is 16.1. The Bertz CT molecular complexity index is 816. The summed E-state index contributed by atoms with van der Waals surface area (Å²) < 4.78 is 0. The first kappa shape index (κ1) is 14.9. The predicted octanol–water partition coefficient (Wildman–Crippen LogP) is 3.65. The Kier molecular flexibility index (Phi) is 4.44. The van der Waals surface area contributed by atoms with E-state index in [1.54, 1.807) is 36.4 Å². The van der Waals surface area contributed by atoms with Crippen LogP contribution in [0.5, 0.6) is 0 Å². The molecule has 6 heteroatoms. The van der Waals surface area contributed by atoms with Crippen LogP contribution in [-0.4, -0.2) is 16.8 Å². The summed E-state index contributed by atoms with van der Waals surface area (Å²) in [4.78, 5) is 28.7. The fraction of sp³-hybridized carbons (Fsp3) is 0. The summed E-state index contributed by atoms with van der Waals surface area (Å²) in [5, 5.41) is 5.85. The molecule has 0 aliphatic rings. The molecule has 0 saturated carbocycles. The third kappa shape index (κ3) is 3.81. The van der Waals surface area contributed by atoms with Gasteiger partial charge in [0.2, 0.25) is 0 Å². The van der Waals surface area contributed by atoms with Crippen LogP contribution in [0.1, 0.15) is 20.0 Å². The van der Waals surface area contributed by atoms with Crippen LogP contribution in [0, 0.1) is 0 Å². The highest BCUT2D eigenvalue weighted by molar-refractivity contribution is 7.17. The van der Waals surface area contributed by atoms with Gasteiger partial charge in [-0.25, -0.2) is 4.98 Å². The highest BCUT2D eigenvalue weighted by Crippen LogP contribution is 2.20. The molecule has 1 heterocycles. The molecule has 0 atom stereocenters. The lowest BCUT2D eigenvalue weighted by molar-refractivity contribution is 0.102. The average Bonchev–Trinajstić information content (AvgIpc) is 3.05. The lowest BCUT2D eigenvalue weighted by Crippen LogP contribution is -2.11. The van der Waals surface area contributed by atoms with Crippen LogP contribution in [0.2, 0.25) is 0 Å². The molecule has 0 saturated heterocycles. The molecule has 0 aliphatic carbocycles. The Morgan fingerprint density at radius 1 is 0.826 bits per heavy atom. The molecule has 3 aromatic rings. The van der Waals surface area contributed by atoms with Crippen LogP contribution in [0.3, 0.4) is 0 Å². The van der Waals surface area contributed by atoms with Crippen molar-refractivity contribution in [2.24, 2.45) is 0 Å². The number of rotatable bonds is 4. The Labute approximate surface area is 137 Å². The Morgan fingerprint density at radius 2 is 1.48 bits per heavy atom. The Morgan fingerprint density at radius 3 is 2.17 bits per heavy atom. The maximum atomic E-state index is 12.1. The molecule has 114 valence electrons. The van der Waals surface area contributed by atoms with Crippen molar-refractivity contribution in [3.05, 3.63) is 77.3 Å². The summed E-state index contributed by atoms with van der Waals surface area (Å²) in [6.45, 7) is 0. The molecule has 0 aliphatic heterocycles. The minimum Gasteiger partial charge on any atom is -0.321 e. The maximum absolute atomic E-state index is 12.1. The number of amides is 2. The number of benzene rings is 2. The predicted molar refractivity (Wildman–Crippen MR) is 90.9 cm³/mol. The van der Waals surface area contributed by atoms with E-state index in [9.17, 15) is 9.59 Å². The summed E-state index contributed by atoms with van der Waals surface area (Å²) in [6, 6.07) is 18.0. The maximum Gasteiger partial charge on any atom is 0.267 e. The fourth-order valence-electron chi connectivity index (χ4n) is 1.91. The van der Waals surface area contributed by atoms with Crippen LogP contribution in [0.4, 0.5) is 10.8 Å². The summed E-state index contributed by atoms with van der Waals surface area (Å²) in [6.07, 6.45) is 1.45. The molecule has 2 aromatic carbocycles. The third-order valence-corrected chi connectivity index (χ3v) is 3.93. The van der Waals surface area contributed by atoms with E-state index in [4.69, 9.17) is 0 Å². The van der Waals surface area contributed by atoms with Crippen molar-refractivity contribution in [2.45, 2.75) is 0 Å². The molecule has 0 unspecified atom stereocenters. The quantitative estimate of drug-likeness (QED) is 0.770. The second-order valence-electron chi connectivity index (χ2n) is 4.67. The Hall–Kier alpha value is -2.99. The Balaban J connectivity index is 1.66. The highest BCUT2D eigenvalue weighted by atomic mass is 32.1. The number of anilines is 2. The molecule has 0 radical (unpaired) electrons. The van der Waals surface area contributed by atoms with Gasteiger partial charge in [-0.2, -0.15) is 0 Å². The van der Waals surface area contributed by atoms with E-state index in [0.29, 0.717) is 21.3 Å². The van der Waals surface area contributed by atoms with Crippen molar-refractivity contribution < 1.29 is 9.59 Å². The van der Waals surface area contributed by atoms with Crippen molar-refractivity contribution >= 4 is 34.0 Å². The number of nitrogens with zero attached hydrogens (tertiary/aromatic N) is 1. The van der Waals surface area contributed by atoms with Gasteiger partial charge >= 0.3 is 0 Å². The topological polar surface area (TPSA) is 71.1 Å². The molecule has 2 N–H and O–H groups in total. The smallest absolute Gasteiger partial charge is 0.267 e. The second kappa shape index (κ2) is 6.85. The minimum absolute atomic E-state index is 0.255. The first-order chi connectivity index (χ1) is 11.2. The van der Waals surface area contributed by atoms with Crippen molar-refractivity contribution in [3.8, 4) is 0 Å². The number of thiazole rings is 1. The number of hydrogen-bond acceptors (Lipinski definition) is 4. The number of carbonyl (C=O) groups excluding carboxylic acids is 2. The summed E-state index contributed by atoms with van der Waals surface area (Å²) in [5.74, 6) is -0.510.